The zero-order valence-electron chi connectivity index (χ0n) is 13.5. The lowest BCUT2D eigenvalue weighted by molar-refractivity contribution is 0.143. The molecule has 1 rings (SSSR count). The number of hydrogen-bond donors (Lipinski definition) is 1. The quantitative estimate of drug-likeness (QED) is 0.417. The van der Waals surface area contributed by atoms with Crippen molar-refractivity contribution in [2.24, 2.45) is 0 Å². The van der Waals surface area contributed by atoms with Crippen LogP contribution in [0, 0.1) is 11.6 Å². The maximum Gasteiger partial charge on any atom is 0.175 e. The number of hydrogen-bond acceptors (Lipinski definition) is 3. The Morgan fingerprint density at radius 3 is 2.46 bits per heavy atom. The summed E-state index contributed by atoms with van der Waals surface area (Å²) in [6, 6.07) is 2.12. The van der Waals surface area contributed by atoms with Crippen molar-refractivity contribution in [1.82, 2.24) is 0 Å². The average molecular weight is 340 g/mol. The molecule has 3 nitrogen and oxygen atoms in total. The molecule has 0 unspecified atom stereocenters. The summed E-state index contributed by atoms with van der Waals surface area (Å²) in [5.41, 5.74) is -0.703. The summed E-state index contributed by atoms with van der Waals surface area (Å²) in [6.45, 7) is 8.21. The maximum absolute atomic E-state index is 14.4. The third-order valence-corrected chi connectivity index (χ3v) is 3.14. The number of benzene rings is 1. The first-order valence-electron chi connectivity index (χ1n) is 7.01. The third kappa shape index (κ3) is 5.03. The van der Waals surface area contributed by atoms with E-state index in [-0.39, 0.29) is 35.9 Å². The fourth-order valence-corrected chi connectivity index (χ4v) is 1.74. The van der Waals surface area contributed by atoms with Gasteiger partial charge in [-0.25, -0.2) is 13.2 Å². The smallest absolute Gasteiger partial charge is 0.175 e. The zero-order valence-corrected chi connectivity index (χ0v) is 13.5. The summed E-state index contributed by atoms with van der Waals surface area (Å²) in [6.07, 6.45) is 2.09. The first-order valence-corrected chi connectivity index (χ1v) is 7.01. The Kier molecular flexibility index (Phi) is 7.32. The monoisotopic (exact) mass is 340 g/mol. The molecule has 0 fully saturated rings. The van der Waals surface area contributed by atoms with E-state index in [0.717, 1.165) is 24.3 Å². The molecule has 6 heteroatoms. The van der Waals surface area contributed by atoms with Gasteiger partial charge in [-0.15, -0.1) is 0 Å². The summed E-state index contributed by atoms with van der Waals surface area (Å²) in [7, 11) is 1.46. The van der Waals surface area contributed by atoms with Crippen LogP contribution in [0.5, 0.6) is 5.75 Å². The summed E-state index contributed by atoms with van der Waals surface area (Å²) in [4.78, 5) is 0. The third-order valence-electron chi connectivity index (χ3n) is 3.14. The van der Waals surface area contributed by atoms with Crippen LogP contribution in [0.3, 0.4) is 0 Å². The summed E-state index contributed by atoms with van der Waals surface area (Å²) < 4.78 is 52.4. The lowest BCUT2D eigenvalue weighted by atomic mass is 10.0. The van der Waals surface area contributed by atoms with E-state index in [1.165, 1.54) is 14.0 Å². The van der Waals surface area contributed by atoms with Gasteiger partial charge < -0.3 is 14.6 Å². The molecule has 0 radical (unpaired) electrons. The van der Waals surface area contributed by atoms with E-state index >= 15 is 0 Å². The molecule has 0 spiro atoms. The van der Waals surface area contributed by atoms with Crippen LogP contribution in [0.25, 0.3) is 5.57 Å². The number of rotatable bonds is 8. The number of aliphatic hydroxyl groups excluding tert-OH is 1. The molecule has 0 aliphatic heterocycles. The molecule has 0 saturated heterocycles. The van der Waals surface area contributed by atoms with Gasteiger partial charge in [0.05, 0.1) is 12.2 Å². The van der Waals surface area contributed by atoms with Crippen molar-refractivity contribution in [2.45, 2.75) is 6.92 Å². The normalized spacial score (nSPS) is 12.2. The standard InChI is InChI=1S/C18H19F3O3/c1-11(13(3)22)5-6-14(19)12(2)17-15(20)7-8-16(18(17)21)24-10-9-23-4/h5-8,22H,1,3,9-10H2,2,4H3/b6-5-,14-12-. The molecule has 0 amide bonds. The topological polar surface area (TPSA) is 38.7 Å². The molecule has 0 atom stereocenters. The van der Waals surface area contributed by atoms with E-state index in [4.69, 9.17) is 14.6 Å². The van der Waals surface area contributed by atoms with Gasteiger partial charge in [0.1, 0.15) is 24.0 Å². The Bertz CT molecular complexity index is 691. The Morgan fingerprint density at radius 2 is 1.88 bits per heavy atom. The number of ether oxygens (including phenoxy) is 2. The highest BCUT2D eigenvalue weighted by molar-refractivity contribution is 5.70. The van der Waals surface area contributed by atoms with Crippen LogP contribution in [-0.2, 0) is 4.74 Å². The van der Waals surface area contributed by atoms with Crippen LogP contribution < -0.4 is 4.74 Å². The minimum atomic E-state index is -1.00. The van der Waals surface area contributed by atoms with Gasteiger partial charge >= 0.3 is 0 Å². The van der Waals surface area contributed by atoms with E-state index in [1.54, 1.807) is 0 Å². The van der Waals surface area contributed by atoms with Gasteiger partial charge in [0, 0.05) is 12.7 Å². The molecule has 0 aliphatic carbocycles. The van der Waals surface area contributed by atoms with Crippen LogP contribution in [0.4, 0.5) is 13.2 Å². The molecule has 1 N–H and O–H groups in total. The van der Waals surface area contributed by atoms with E-state index < -0.39 is 23.0 Å². The number of aliphatic hydroxyl groups is 1. The van der Waals surface area contributed by atoms with Crippen molar-refractivity contribution in [2.75, 3.05) is 20.3 Å². The minimum Gasteiger partial charge on any atom is -0.508 e. The molecule has 0 bridgehead atoms. The summed E-state index contributed by atoms with van der Waals surface area (Å²) >= 11 is 0. The van der Waals surface area contributed by atoms with Crippen molar-refractivity contribution in [3.63, 3.8) is 0 Å². The van der Waals surface area contributed by atoms with E-state index in [2.05, 4.69) is 13.2 Å². The molecule has 1 aromatic carbocycles. The number of methoxy groups -OCH3 is 1. The van der Waals surface area contributed by atoms with Crippen molar-refractivity contribution in [3.8, 4) is 5.75 Å². The molecule has 130 valence electrons. The van der Waals surface area contributed by atoms with E-state index in [0.29, 0.717) is 0 Å². The Morgan fingerprint density at radius 1 is 1.21 bits per heavy atom. The highest BCUT2D eigenvalue weighted by Crippen LogP contribution is 2.31. The summed E-state index contributed by atoms with van der Waals surface area (Å²) in [5.74, 6) is -3.34. The largest absolute Gasteiger partial charge is 0.508 e. The Hall–Kier alpha value is -2.47. The molecular weight excluding hydrogens is 321 g/mol. The molecule has 0 aliphatic rings. The van der Waals surface area contributed by atoms with Gasteiger partial charge in [0.2, 0.25) is 0 Å². The van der Waals surface area contributed by atoms with Crippen molar-refractivity contribution in [1.29, 1.82) is 0 Å². The second kappa shape index (κ2) is 8.98. The summed E-state index contributed by atoms with van der Waals surface area (Å²) in [5, 5.41) is 9.09. The first-order chi connectivity index (χ1) is 11.3. The second-order valence-corrected chi connectivity index (χ2v) is 4.85. The Balaban J connectivity index is 3.18. The highest BCUT2D eigenvalue weighted by atomic mass is 19.1. The predicted molar refractivity (Wildman–Crippen MR) is 87.5 cm³/mol. The van der Waals surface area contributed by atoms with Crippen LogP contribution in [-0.4, -0.2) is 25.4 Å². The fourth-order valence-electron chi connectivity index (χ4n) is 1.74. The van der Waals surface area contributed by atoms with Gasteiger partial charge in [0.15, 0.2) is 11.6 Å². The molecule has 0 aromatic heterocycles. The fraction of sp³-hybridized carbons (Fsp3) is 0.222. The second-order valence-electron chi connectivity index (χ2n) is 4.85. The van der Waals surface area contributed by atoms with Crippen LogP contribution in [0.1, 0.15) is 12.5 Å². The predicted octanol–water partition coefficient (Wildman–Crippen LogP) is 4.87. The van der Waals surface area contributed by atoms with Gasteiger partial charge in [-0.3, -0.25) is 0 Å². The van der Waals surface area contributed by atoms with Crippen molar-refractivity contribution < 1.29 is 27.8 Å². The van der Waals surface area contributed by atoms with Crippen LogP contribution >= 0.6 is 0 Å². The minimum absolute atomic E-state index is 0.0715. The van der Waals surface area contributed by atoms with Gasteiger partial charge in [0.25, 0.3) is 0 Å². The van der Waals surface area contributed by atoms with E-state index in [9.17, 15) is 13.2 Å². The lowest BCUT2D eigenvalue weighted by Gasteiger charge is -2.11. The first kappa shape index (κ1) is 19.6. The maximum atomic E-state index is 14.4. The van der Waals surface area contributed by atoms with Crippen molar-refractivity contribution >= 4 is 5.57 Å². The van der Waals surface area contributed by atoms with Crippen LogP contribution in [0.15, 0.2) is 54.6 Å². The molecule has 0 saturated carbocycles. The van der Waals surface area contributed by atoms with Gasteiger partial charge in [-0.05, 0) is 36.8 Å². The molecular formula is C18H19F3O3. The zero-order chi connectivity index (χ0) is 18.3. The average Bonchev–Trinajstić information content (AvgIpc) is 2.54. The molecule has 0 heterocycles. The van der Waals surface area contributed by atoms with Gasteiger partial charge in [-0.1, -0.05) is 13.2 Å². The Labute approximate surface area is 139 Å². The van der Waals surface area contributed by atoms with Crippen LogP contribution in [0.2, 0.25) is 0 Å². The lowest BCUT2D eigenvalue weighted by Crippen LogP contribution is -2.07. The molecule has 1 aromatic rings. The van der Waals surface area contributed by atoms with E-state index in [1.807, 2.05) is 0 Å². The number of halogens is 3. The van der Waals surface area contributed by atoms with Crippen molar-refractivity contribution in [3.05, 3.63) is 71.8 Å². The number of allylic oxidation sites excluding steroid dienone is 4. The van der Waals surface area contributed by atoms with Gasteiger partial charge in [-0.2, -0.15) is 0 Å². The SMILES string of the molecule is C=C(O)C(=C)/C=C\C(F)=C(/C)c1c(F)ccc(OCCOC)c1F. The molecule has 24 heavy (non-hydrogen) atoms. The highest BCUT2D eigenvalue weighted by Gasteiger charge is 2.18.